The Bertz CT molecular complexity index is 699. The fourth-order valence-corrected chi connectivity index (χ4v) is 2.83. The van der Waals surface area contributed by atoms with Crippen molar-refractivity contribution in [2.24, 2.45) is 0 Å². The zero-order valence-corrected chi connectivity index (χ0v) is 11.0. The van der Waals surface area contributed by atoms with Crippen molar-refractivity contribution in [3.05, 3.63) is 40.0 Å². The Hall–Kier alpha value is -1.39. The number of aryl methyl sites for hydroxylation is 2. The fraction of sp³-hybridized carbons (Fsp3) is 0.167. The summed E-state index contributed by atoms with van der Waals surface area (Å²) in [6.45, 7) is 4.01. The lowest BCUT2D eigenvalue weighted by Gasteiger charge is -1.99. The lowest BCUT2D eigenvalue weighted by molar-refractivity contribution is 0.909. The Kier molecular flexibility index (Phi) is 2.42. The van der Waals surface area contributed by atoms with E-state index in [1.165, 1.54) is 0 Å². The Morgan fingerprint density at radius 2 is 2.12 bits per heavy atom. The van der Waals surface area contributed by atoms with E-state index in [-0.39, 0.29) is 0 Å². The van der Waals surface area contributed by atoms with Gasteiger partial charge in [0.15, 0.2) is 0 Å². The van der Waals surface area contributed by atoms with Gasteiger partial charge in [-0.3, -0.25) is 0 Å². The van der Waals surface area contributed by atoms with E-state index < -0.39 is 0 Å². The van der Waals surface area contributed by atoms with Crippen LogP contribution in [0, 0.1) is 13.8 Å². The molecular weight excluding hydrogens is 254 g/mol. The van der Waals surface area contributed by atoms with Crippen molar-refractivity contribution in [2.75, 3.05) is 0 Å². The molecule has 0 saturated heterocycles. The highest BCUT2D eigenvalue weighted by Crippen LogP contribution is 2.27. The van der Waals surface area contributed by atoms with Crippen LogP contribution in [0.1, 0.15) is 10.7 Å². The van der Waals surface area contributed by atoms with Crippen LogP contribution < -0.4 is 0 Å². The van der Waals surface area contributed by atoms with Gasteiger partial charge in [-0.25, -0.2) is 9.50 Å². The Morgan fingerprint density at radius 3 is 2.82 bits per heavy atom. The van der Waals surface area contributed by atoms with Crippen molar-refractivity contribution in [1.29, 1.82) is 0 Å². The molecule has 17 heavy (non-hydrogen) atoms. The predicted molar refractivity (Wildman–Crippen MR) is 70.8 cm³/mol. The van der Waals surface area contributed by atoms with E-state index in [4.69, 9.17) is 11.6 Å². The molecule has 0 radical (unpaired) electrons. The third-order valence-corrected chi connectivity index (χ3v) is 3.69. The largest absolute Gasteiger partial charge is 0.217 e. The molecule has 0 aliphatic carbocycles. The van der Waals surface area contributed by atoms with Crippen molar-refractivity contribution >= 4 is 27.9 Å². The third-order valence-electron chi connectivity index (χ3n) is 2.63. The van der Waals surface area contributed by atoms with Crippen LogP contribution in [-0.4, -0.2) is 14.6 Å². The molecule has 3 rings (SSSR count). The highest BCUT2D eigenvalue weighted by molar-refractivity contribution is 7.16. The van der Waals surface area contributed by atoms with Crippen molar-refractivity contribution in [1.82, 2.24) is 14.6 Å². The predicted octanol–water partition coefficient (Wildman–Crippen LogP) is 3.73. The summed E-state index contributed by atoms with van der Waals surface area (Å²) in [6, 6.07) is 7.73. The maximum atomic E-state index is 6.00. The van der Waals surface area contributed by atoms with Gasteiger partial charge in [0.25, 0.3) is 0 Å². The fourth-order valence-electron chi connectivity index (χ4n) is 1.85. The maximum Gasteiger partial charge on any atom is 0.212 e. The van der Waals surface area contributed by atoms with Gasteiger partial charge in [0.05, 0.1) is 11.4 Å². The van der Waals surface area contributed by atoms with Crippen LogP contribution in [0.3, 0.4) is 0 Å². The number of benzene rings is 1. The average Bonchev–Trinajstić information content (AvgIpc) is 2.78. The van der Waals surface area contributed by atoms with E-state index >= 15 is 0 Å². The minimum absolute atomic E-state index is 0.724. The molecule has 2 heterocycles. The second kappa shape index (κ2) is 3.82. The molecule has 0 amide bonds. The first-order valence-corrected chi connectivity index (χ1v) is 6.43. The second-order valence-corrected chi connectivity index (χ2v) is 5.47. The first-order valence-electron chi connectivity index (χ1n) is 5.24. The topological polar surface area (TPSA) is 30.2 Å². The number of hydrogen-bond acceptors (Lipinski definition) is 3. The van der Waals surface area contributed by atoms with E-state index in [1.807, 2.05) is 42.6 Å². The number of nitrogens with zero attached hydrogens (tertiary/aromatic N) is 3. The quantitative estimate of drug-likeness (QED) is 0.670. The normalized spacial score (nSPS) is 11.2. The third kappa shape index (κ3) is 1.73. The highest BCUT2D eigenvalue weighted by Gasteiger charge is 2.13. The lowest BCUT2D eigenvalue weighted by atomic mass is 10.1. The zero-order chi connectivity index (χ0) is 12.0. The van der Waals surface area contributed by atoms with Crippen LogP contribution in [0.4, 0.5) is 0 Å². The first kappa shape index (κ1) is 10.7. The van der Waals surface area contributed by atoms with Crippen LogP contribution in [0.15, 0.2) is 24.3 Å². The van der Waals surface area contributed by atoms with Crippen molar-refractivity contribution in [2.45, 2.75) is 13.8 Å². The summed E-state index contributed by atoms with van der Waals surface area (Å²) < 4.78 is 1.89. The summed E-state index contributed by atoms with van der Waals surface area (Å²) >= 11 is 7.59. The van der Waals surface area contributed by atoms with Gasteiger partial charge in [0.1, 0.15) is 5.01 Å². The molecule has 0 aliphatic heterocycles. The molecular formula is C12H10ClN3S. The first-order chi connectivity index (χ1) is 8.15. The molecule has 0 aliphatic rings. The van der Waals surface area contributed by atoms with Crippen LogP contribution in [0.25, 0.3) is 16.2 Å². The number of rotatable bonds is 1. The molecule has 2 aromatic heterocycles. The Balaban J connectivity index is 2.24. The second-order valence-electron chi connectivity index (χ2n) is 3.87. The van der Waals surface area contributed by atoms with E-state index in [9.17, 15) is 0 Å². The van der Waals surface area contributed by atoms with Gasteiger partial charge in [-0.1, -0.05) is 35.1 Å². The number of fused-ring (bicyclic) bond motifs is 1. The van der Waals surface area contributed by atoms with Crippen LogP contribution in [-0.2, 0) is 0 Å². The molecule has 0 unspecified atom stereocenters. The molecule has 0 saturated carbocycles. The van der Waals surface area contributed by atoms with Crippen LogP contribution >= 0.6 is 22.9 Å². The standard InChI is InChI=1S/C12H10ClN3S/c1-7-11(9-4-3-5-10(13)6-9)14-12-16(7)15-8(2)17-12/h3-6H,1-2H3. The summed E-state index contributed by atoms with van der Waals surface area (Å²) in [7, 11) is 0. The molecule has 5 heteroatoms. The summed E-state index contributed by atoms with van der Waals surface area (Å²) in [5.74, 6) is 0. The summed E-state index contributed by atoms with van der Waals surface area (Å²) in [5, 5.41) is 6.17. The van der Waals surface area contributed by atoms with Gasteiger partial charge >= 0.3 is 0 Å². The molecule has 0 bridgehead atoms. The molecule has 0 N–H and O–H groups in total. The molecule has 1 aromatic carbocycles. The zero-order valence-electron chi connectivity index (χ0n) is 9.44. The maximum absolute atomic E-state index is 6.00. The molecule has 3 nitrogen and oxygen atoms in total. The van der Waals surface area contributed by atoms with Crippen molar-refractivity contribution < 1.29 is 0 Å². The SMILES string of the molecule is Cc1nn2c(C)c(-c3cccc(Cl)c3)nc2s1. The average molecular weight is 264 g/mol. The Labute approximate surface area is 108 Å². The molecule has 0 atom stereocenters. The van der Waals surface area contributed by atoms with Gasteiger partial charge in [-0.2, -0.15) is 5.10 Å². The molecule has 86 valence electrons. The molecule has 0 fully saturated rings. The summed E-state index contributed by atoms with van der Waals surface area (Å²) in [6.07, 6.45) is 0. The summed E-state index contributed by atoms with van der Waals surface area (Å²) in [5.41, 5.74) is 3.03. The van der Waals surface area contributed by atoms with Gasteiger partial charge in [-0.15, -0.1) is 0 Å². The van der Waals surface area contributed by atoms with Crippen molar-refractivity contribution in [3.63, 3.8) is 0 Å². The molecule has 0 spiro atoms. The number of imidazole rings is 1. The minimum atomic E-state index is 0.724. The highest BCUT2D eigenvalue weighted by atomic mass is 35.5. The monoisotopic (exact) mass is 263 g/mol. The smallest absolute Gasteiger partial charge is 0.212 e. The van der Waals surface area contributed by atoms with E-state index in [0.717, 1.165) is 31.9 Å². The van der Waals surface area contributed by atoms with Crippen LogP contribution in [0.5, 0.6) is 0 Å². The molecule has 3 aromatic rings. The number of hydrogen-bond donors (Lipinski definition) is 0. The van der Waals surface area contributed by atoms with E-state index in [2.05, 4.69) is 10.1 Å². The van der Waals surface area contributed by atoms with E-state index in [1.54, 1.807) is 11.3 Å². The number of aromatic nitrogens is 3. The van der Waals surface area contributed by atoms with Crippen LogP contribution in [0.2, 0.25) is 5.02 Å². The van der Waals surface area contributed by atoms with Gasteiger partial charge < -0.3 is 0 Å². The number of halogens is 1. The van der Waals surface area contributed by atoms with Gasteiger partial charge in [0, 0.05) is 10.6 Å². The minimum Gasteiger partial charge on any atom is -0.217 e. The Morgan fingerprint density at radius 1 is 1.29 bits per heavy atom. The summed E-state index contributed by atoms with van der Waals surface area (Å²) in [4.78, 5) is 5.53. The lowest BCUT2D eigenvalue weighted by Crippen LogP contribution is -1.89. The van der Waals surface area contributed by atoms with Gasteiger partial charge in [0.2, 0.25) is 4.96 Å². The van der Waals surface area contributed by atoms with Gasteiger partial charge in [-0.05, 0) is 26.0 Å². The van der Waals surface area contributed by atoms with Crippen molar-refractivity contribution in [3.8, 4) is 11.3 Å². The van der Waals surface area contributed by atoms with E-state index in [0.29, 0.717) is 0 Å².